The number of carbonyl (C=O) groups excluding carboxylic acids is 2. The molecule has 0 radical (unpaired) electrons. The van der Waals surface area contributed by atoms with Crippen LogP contribution in [-0.4, -0.2) is 49.4 Å². The second-order valence-corrected chi connectivity index (χ2v) is 9.62. The summed E-state index contributed by atoms with van der Waals surface area (Å²) in [7, 11) is 0. The number of carbonyl (C=O) groups is 2. The van der Waals surface area contributed by atoms with E-state index in [0.29, 0.717) is 29.5 Å². The predicted octanol–water partition coefficient (Wildman–Crippen LogP) is 5.07. The lowest BCUT2D eigenvalue weighted by Gasteiger charge is -2.38. The summed E-state index contributed by atoms with van der Waals surface area (Å²) >= 11 is 6.11. The Labute approximate surface area is 216 Å². The van der Waals surface area contributed by atoms with Crippen LogP contribution in [0.1, 0.15) is 16.7 Å². The molecule has 0 aliphatic carbocycles. The number of rotatable bonds is 4. The minimum atomic E-state index is -0.351. The highest BCUT2D eigenvalue weighted by Crippen LogP contribution is 2.35. The van der Waals surface area contributed by atoms with E-state index in [1.807, 2.05) is 29.2 Å². The minimum absolute atomic E-state index is 0.0461. The van der Waals surface area contributed by atoms with Crippen LogP contribution in [0.3, 0.4) is 0 Å². The van der Waals surface area contributed by atoms with E-state index in [1.54, 1.807) is 30.3 Å². The van der Waals surface area contributed by atoms with Gasteiger partial charge in [-0.2, -0.15) is 0 Å². The fourth-order valence-corrected chi connectivity index (χ4v) is 4.86. The second kappa shape index (κ2) is 10.1. The predicted molar refractivity (Wildman–Crippen MR) is 144 cm³/mol. The van der Waals surface area contributed by atoms with Crippen molar-refractivity contribution in [2.75, 3.05) is 42.5 Å². The maximum absolute atomic E-state index is 13.4. The monoisotopic (exact) mass is 501 g/mol. The maximum atomic E-state index is 13.4. The molecule has 0 spiro atoms. The van der Waals surface area contributed by atoms with Crippen molar-refractivity contribution in [3.8, 4) is 5.75 Å². The minimum Gasteiger partial charge on any atom is -0.449 e. The molecule has 2 amide bonds. The molecule has 6 nitrogen and oxygen atoms in total. The number of hydrogen-bond acceptors (Lipinski definition) is 4. The number of amides is 2. The van der Waals surface area contributed by atoms with Crippen molar-refractivity contribution in [2.45, 2.75) is 13.8 Å². The quantitative estimate of drug-likeness (QED) is 0.468. The molecular formula is C29H28ClN3O3. The first-order chi connectivity index (χ1) is 17.4. The summed E-state index contributed by atoms with van der Waals surface area (Å²) < 4.78 is 5.92. The molecule has 0 atom stereocenters. The van der Waals surface area contributed by atoms with E-state index < -0.39 is 0 Å². The largest absolute Gasteiger partial charge is 0.449 e. The van der Waals surface area contributed by atoms with E-state index in [-0.39, 0.29) is 24.1 Å². The standard InChI is InChI=1S/C29H28ClN3O3/c1-20-10-11-21(2)25(16-20)31-12-14-32(15-13-31)28(34)19-33-24-8-3-4-9-26(24)36-27(29(33)35)18-22-6-5-7-23(30)17-22/h3-11,16-18H,12-15,19H2,1-2H3. The molecule has 3 aromatic carbocycles. The lowest BCUT2D eigenvalue weighted by atomic mass is 10.1. The summed E-state index contributed by atoms with van der Waals surface area (Å²) in [5.74, 6) is 0.264. The van der Waals surface area contributed by atoms with Gasteiger partial charge in [-0.25, -0.2) is 0 Å². The van der Waals surface area contributed by atoms with E-state index in [0.717, 1.165) is 18.7 Å². The molecule has 1 saturated heterocycles. The average molecular weight is 502 g/mol. The number of halogens is 1. The summed E-state index contributed by atoms with van der Waals surface area (Å²) in [5.41, 5.74) is 5.01. The van der Waals surface area contributed by atoms with Crippen molar-refractivity contribution in [3.05, 3.63) is 94.2 Å². The van der Waals surface area contributed by atoms with Crippen LogP contribution in [0, 0.1) is 13.8 Å². The van der Waals surface area contributed by atoms with Crippen LogP contribution in [0.2, 0.25) is 5.02 Å². The van der Waals surface area contributed by atoms with Gasteiger partial charge in [0.2, 0.25) is 5.91 Å². The molecule has 184 valence electrons. The Morgan fingerprint density at radius 2 is 1.72 bits per heavy atom. The van der Waals surface area contributed by atoms with Gasteiger partial charge in [0.15, 0.2) is 11.5 Å². The van der Waals surface area contributed by atoms with Crippen molar-refractivity contribution in [1.82, 2.24) is 4.90 Å². The number of hydrogen-bond donors (Lipinski definition) is 0. The smallest absolute Gasteiger partial charge is 0.294 e. The summed E-state index contributed by atoms with van der Waals surface area (Å²) in [6, 6.07) is 20.9. The molecule has 0 unspecified atom stereocenters. The van der Waals surface area contributed by atoms with E-state index in [1.165, 1.54) is 21.7 Å². The summed E-state index contributed by atoms with van der Waals surface area (Å²) in [4.78, 5) is 32.4. The van der Waals surface area contributed by atoms with Crippen LogP contribution < -0.4 is 14.5 Å². The van der Waals surface area contributed by atoms with Gasteiger partial charge in [-0.15, -0.1) is 0 Å². The number of ether oxygens (including phenoxy) is 1. The van der Waals surface area contributed by atoms with Gasteiger partial charge in [0.25, 0.3) is 5.91 Å². The van der Waals surface area contributed by atoms with Crippen LogP contribution in [-0.2, 0) is 9.59 Å². The Balaban J connectivity index is 1.32. The molecule has 36 heavy (non-hydrogen) atoms. The van der Waals surface area contributed by atoms with Crippen LogP contribution in [0.4, 0.5) is 11.4 Å². The summed E-state index contributed by atoms with van der Waals surface area (Å²) in [5, 5.41) is 0.569. The van der Waals surface area contributed by atoms with E-state index in [2.05, 4.69) is 36.9 Å². The second-order valence-electron chi connectivity index (χ2n) is 9.18. The Morgan fingerprint density at radius 1 is 0.944 bits per heavy atom. The highest BCUT2D eigenvalue weighted by Gasteiger charge is 2.33. The molecule has 0 N–H and O–H groups in total. The van der Waals surface area contributed by atoms with Gasteiger partial charge < -0.3 is 14.5 Å². The van der Waals surface area contributed by atoms with E-state index in [9.17, 15) is 9.59 Å². The number of benzene rings is 3. The van der Waals surface area contributed by atoms with Crippen molar-refractivity contribution in [2.24, 2.45) is 0 Å². The van der Waals surface area contributed by atoms with Crippen molar-refractivity contribution >= 4 is 40.9 Å². The third-order valence-corrected chi connectivity index (χ3v) is 6.84. The number of piperazine rings is 1. The highest BCUT2D eigenvalue weighted by atomic mass is 35.5. The van der Waals surface area contributed by atoms with Gasteiger partial charge in [0.1, 0.15) is 6.54 Å². The Morgan fingerprint density at radius 3 is 2.50 bits per heavy atom. The SMILES string of the molecule is Cc1ccc(C)c(N2CCN(C(=O)CN3C(=O)C(=Cc4cccc(Cl)c4)Oc4ccccc43)CC2)c1. The van der Waals surface area contributed by atoms with Gasteiger partial charge in [-0.05, 0) is 66.9 Å². The first kappa shape index (κ1) is 23.9. The molecule has 3 aromatic rings. The zero-order valence-corrected chi connectivity index (χ0v) is 21.2. The fourth-order valence-electron chi connectivity index (χ4n) is 4.66. The summed E-state index contributed by atoms with van der Waals surface area (Å²) in [6.45, 7) is 6.88. The molecule has 0 bridgehead atoms. The number of anilines is 2. The maximum Gasteiger partial charge on any atom is 0.294 e. The molecule has 0 aromatic heterocycles. The molecule has 1 fully saturated rings. The van der Waals surface area contributed by atoms with Crippen molar-refractivity contribution in [1.29, 1.82) is 0 Å². The molecule has 5 rings (SSSR count). The molecule has 2 aliphatic rings. The fraction of sp³-hybridized carbons (Fsp3) is 0.241. The van der Waals surface area contributed by atoms with Crippen molar-refractivity contribution < 1.29 is 14.3 Å². The van der Waals surface area contributed by atoms with Gasteiger partial charge in [0.05, 0.1) is 5.69 Å². The molecule has 2 aliphatic heterocycles. The van der Waals surface area contributed by atoms with E-state index >= 15 is 0 Å². The summed E-state index contributed by atoms with van der Waals surface area (Å²) in [6.07, 6.45) is 1.66. The van der Waals surface area contributed by atoms with Crippen LogP contribution >= 0.6 is 11.6 Å². The van der Waals surface area contributed by atoms with Gasteiger partial charge in [-0.1, -0.05) is 48.0 Å². The Kier molecular flexibility index (Phi) is 6.70. The van der Waals surface area contributed by atoms with Crippen LogP contribution in [0.25, 0.3) is 6.08 Å². The zero-order chi connectivity index (χ0) is 25.2. The Bertz CT molecular complexity index is 1350. The highest BCUT2D eigenvalue weighted by molar-refractivity contribution is 6.30. The van der Waals surface area contributed by atoms with Gasteiger partial charge >= 0.3 is 0 Å². The first-order valence-corrected chi connectivity index (χ1v) is 12.4. The van der Waals surface area contributed by atoms with Gasteiger partial charge in [0, 0.05) is 36.9 Å². The lowest BCUT2D eigenvalue weighted by Crippen LogP contribution is -2.52. The van der Waals surface area contributed by atoms with Crippen LogP contribution in [0.5, 0.6) is 5.75 Å². The molecule has 7 heteroatoms. The van der Waals surface area contributed by atoms with Gasteiger partial charge in [-0.3, -0.25) is 14.5 Å². The van der Waals surface area contributed by atoms with Crippen molar-refractivity contribution in [3.63, 3.8) is 0 Å². The normalized spacial score (nSPS) is 16.7. The third kappa shape index (κ3) is 4.95. The van der Waals surface area contributed by atoms with Crippen LogP contribution in [0.15, 0.2) is 72.5 Å². The molecule has 0 saturated carbocycles. The average Bonchev–Trinajstić information content (AvgIpc) is 2.88. The first-order valence-electron chi connectivity index (χ1n) is 12.0. The number of fused-ring (bicyclic) bond motifs is 1. The number of nitrogens with zero attached hydrogens (tertiary/aromatic N) is 3. The van der Waals surface area contributed by atoms with E-state index in [4.69, 9.17) is 16.3 Å². The Hall–Kier alpha value is -3.77. The molecule has 2 heterocycles. The third-order valence-electron chi connectivity index (χ3n) is 6.61. The molecular weight excluding hydrogens is 474 g/mol. The zero-order valence-electron chi connectivity index (χ0n) is 20.4. The lowest BCUT2D eigenvalue weighted by molar-refractivity contribution is -0.131. The number of aryl methyl sites for hydroxylation is 2. The topological polar surface area (TPSA) is 53.1 Å². The number of para-hydroxylation sites is 2.